The number of rotatable bonds is 6. The van der Waals surface area contributed by atoms with E-state index in [1.807, 2.05) is 36.4 Å². The average molecular weight is 445 g/mol. The Labute approximate surface area is 192 Å². The average Bonchev–Trinajstić information content (AvgIpc) is 3.71. The Morgan fingerprint density at radius 2 is 1.73 bits per heavy atom. The first-order valence-electron chi connectivity index (χ1n) is 11.7. The van der Waals surface area contributed by atoms with Crippen LogP contribution in [-0.2, 0) is 4.79 Å². The van der Waals surface area contributed by atoms with Crippen LogP contribution >= 0.6 is 0 Å². The highest BCUT2D eigenvalue weighted by Crippen LogP contribution is 2.38. The van der Waals surface area contributed by atoms with E-state index in [0.717, 1.165) is 48.7 Å². The van der Waals surface area contributed by atoms with E-state index in [2.05, 4.69) is 25.5 Å². The summed E-state index contributed by atoms with van der Waals surface area (Å²) in [4.78, 5) is 27.3. The molecular weight excluding hydrogens is 416 g/mol. The van der Waals surface area contributed by atoms with Crippen LogP contribution in [0.15, 0.2) is 53.3 Å². The molecule has 0 spiro atoms. The number of hydrogen-bond donors (Lipinski definition) is 1. The summed E-state index contributed by atoms with van der Waals surface area (Å²) in [5.74, 6) is 1.05. The summed E-state index contributed by atoms with van der Waals surface area (Å²) in [6.07, 6.45) is 5.86. The van der Waals surface area contributed by atoms with E-state index in [1.165, 1.54) is 30.0 Å². The molecule has 8 heteroatoms. The van der Waals surface area contributed by atoms with Gasteiger partial charge in [-0.15, -0.1) is 10.2 Å². The van der Waals surface area contributed by atoms with Gasteiger partial charge in [0, 0.05) is 36.3 Å². The molecular formula is C25H28N6O2. The minimum absolute atomic E-state index is 0.274. The molecule has 5 rings (SSSR count). The number of nitrogens with zero attached hydrogens (tertiary/aromatic N) is 5. The second-order valence-corrected chi connectivity index (χ2v) is 8.88. The molecule has 33 heavy (non-hydrogen) atoms. The van der Waals surface area contributed by atoms with Gasteiger partial charge in [0.15, 0.2) is 5.82 Å². The molecule has 1 aliphatic carbocycles. The molecule has 1 unspecified atom stereocenters. The number of carbonyl (C=O) groups excluding carboxylic acids is 1. The lowest BCUT2D eigenvalue weighted by Gasteiger charge is -2.27. The summed E-state index contributed by atoms with van der Waals surface area (Å²) in [5.41, 5.74) is 2.97. The Bertz CT molecular complexity index is 1180. The lowest BCUT2D eigenvalue weighted by Crippen LogP contribution is -2.33. The van der Waals surface area contributed by atoms with Crippen molar-refractivity contribution in [1.82, 2.24) is 20.0 Å². The van der Waals surface area contributed by atoms with Crippen molar-refractivity contribution >= 4 is 17.4 Å². The second kappa shape index (κ2) is 9.13. The standard InChI is InChI=1S/C25H28N6O2/c1-17(31-24(32)14-12-22(29-31)19-5-6-19)25(33)26-20-9-7-18(8-10-20)21-11-13-23(28-27-21)30-15-3-2-4-16-30/h7-14,17,19H,2-6,15-16H2,1H3,(H,26,33). The first-order chi connectivity index (χ1) is 16.1. The molecule has 1 aliphatic heterocycles. The van der Waals surface area contributed by atoms with Crippen LogP contribution in [0.25, 0.3) is 11.3 Å². The summed E-state index contributed by atoms with van der Waals surface area (Å²) >= 11 is 0. The van der Waals surface area contributed by atoms with Crippen LogP contribution < -0.4 is 15.8 Å². The molecule has 1 aromatic carbocycles. The minimum atomic E-state index is -0.705. The maximum absolute atomic E-state index is 12.8. The van der Waals surface area contributed by atoms with Crippen molar-refractivity contribution in [2.24, 2.45) is 0 Å². The van der Waals surface area contributed by atoms with Gasteiger partial charge in [-0.2, -0.15) is 5.10 Å². The highest BCUT2D eigenvalue weighted by Gasteiger charge is 2.27. The highest BCUT2D eigenvalue weighted by atomic mass is 16.2. The first-order valence-corrected chi connectivity index (χ1v) is 11.7. The van der Waals surface area contributed by atoms with Gasteiger partial charge in [0.25, 0.3) is 5.56 Å². The zero-order chi connectivity index (χ0) is 22.8. The minimum Gasteiger partial charge on any atom is -0.355 e. The monoisotopic (exact) mass is 444 g/mol. The van der Waals surface area contributed by atoms with Gasteiger partial charge in [-0.05, 0) is 69.4 Å². The van der Waals surface area contributed by atoms with Crippen LogP contribution in [-0.4, -0.2) is 39.0 Å². The molecule has 1 saturated heterocycles. The smallest absolute Gasteiger partial charge is 0.267 e. The van der Waals surface area contributed by atoms with Crippen molar-refractivity contribution in [3.05, 3.63) is 64.6 Å². The van der Waals surface area contributed by atoms with Crippen molar-refractivity contribution < 1.29 is 4.79 Å². The summed E-state index contributed by atoms with van der Waals surface area (Å²) in [5, 5.41) is 16.1. The van der Waals surface area contributed by atoms with Crippen LogP contribution in [0.1, 0.15) is 56.7 Å². The van der Waals surface area contributed by atoms with Gasteiger partial charge < -0.3 is 10.2 Å². The van der Waals surface area contributed by atoms with Gasteiger partial charge in [0.05, 0.1) is 11.4 Å². The third-order valence-electron chi connectivity index (χ3n) is 6.37. The summed E-state index contributed by atoms with van der Waals surface area (Å²) in [7, 11) is 0. The number of amides is 1. The second-order valence-electron chi connectivity index (χ2n) is 8.88. The number of hydrogen-bond acceptors (Lipinski definition) is 6. The number of anilines is 2. The van der Waals surface area contributed by atoms with Gasteiger partial charge >= 0.3 is 0 Å². The van der Waals surface area contributed by atoms with E-state index in [9.17, 15) is 9.59 Å². The van der Waals surface area contributed by atoms with Crippen LogP contribution in [0.5, 0.6) is 0 Å². The van der Waals surface area contributed by atoms with Crippen molar-refractivity contribution in [1.29, 1.82) is 0 Å². The molecule has 1 N–H and O–H groups in total. The van der Waals surface area contributed by atoms with Gasteiger partial charge in [-0.1, -0.05) is 12.1 Å². The van der Waals surface area contributed by atoms with E-state index in [0.29, 0.717) is 11.6 Å². The highest BCUT2D eigenvalue weighted by molar-refractivity contribution is 5.93. The topological polar surface area (TPSA) is 93.0 Å². The fraction of sp³-hybridized carbons (Fsp3) is 0.400. The van der Waals surface area contributed by atoms with E-state index in [1.54, 1.807) is 13.0 Å². The Kier molecular flexibility index (Phi) is 5.90. The molecule has 3 heterocycles. The fourth-order valence-corrected chi connectivity index (χ4v) is 4.17. The molecule has 0 bridgehead atoms. The Balaban J connectivity index is 1.24. The molecule has 2 aliphatic rings. The van der Waals surface area contributed by atoms with E-state index < -0.39 is 6.04 Å². The number of benzene rings is 1. The summed E-state index contributed by atoms with van der Waals surface area (Å²) < 4.78 is 1.27. The maximum atomic E-state index is 12.8. The Morgan fingerprint density at radius 3 is 2.39 bits per heavy atom. The van der Waals surface area contributed by atoms with Crippen molar-refractivity contribution in [2.75, 3.05) is 23.3 Å². The summed E-state index contributed by atoms with van der Waals surface area (Å²) in [6.45, 7) is 3.76. The molecule has 3 aromatic rings. The molecule has 2 fully saturated rings. The number of aromatic nitrogens is 4. The maximum Gasteiger partial charge on any atom is 0.267 e. The predicted octanol–water partition coefficient (Wildman–Crippen LogP) is 3.77. The molecule has 1 amide bonds. The van der Waals surface area contributed by atoms with Gasteiger partial charge in [0.2, 0.25) is 5.91 Å². The number of nitrogens with one attached hydrogen (secondary N) is 1. The third-order valence-corrected chi connectivity index (χ3v) is 6.37. The van der Waals surface area contributed by atoms with E-state index in [-0.39, 0.29) is 11.5 Å². The molecule has 1 atom stereocenters. The van der Waals surface area contributed by atoms with E-state index >= 15 is 0 Å². The summed E-state index contributed by atoms with van der Waals surface area (Å²) in [6, 6.07) is 14.0. The zero-order valence-electron chi connectivity index (χ0n) is 18.8. The van der Waals surface area contributed by atoms with Crippen molar-refractivity contribution in [2.45, 2.75) is 51.0 Å². The third kappa shape index (κ3) is 4.79. The van der Waals surface area contributed by atoms with Crippen molar-refractivity contribution in [3.63, 3.8) is 0 Å². The Hall–Kier alpha value is -3.55. The molecule has 2 aromatic heterocycles. The molecule has 8 nitrogen and oxygen atoms in total. The molecule has 170 valence electrons. The van der Waals surface area contributed by atoms with Crippen LogP contribution in [0.4, 0.5) is 11.5 Å². The fourth-order valence-electron chi connectivity index (χ4n) is 4.17. The normalized spacial score (nSPS) is 16.9. The van der Waals surface area contributed by atoms with Crippen molar-refractivity contribution in [3.8, 4) is 11.3 Å². The van der Waals surface area contributed by atoms with Gasteiger partial charge in [0.1, 0.15) is 6.04 Å². The number of carbonyl (C=O) groups is 1. The largest absolute Gasteiger partial charge is 0.355 e. The quantitative estimate of drug-likeness (QED) is 0.622. The Morgan fingerprint density at radius 1 is 0.970 bits per heavy atom. The van der Waals surface area contributed by atoms with E-state index in [4.69, 9.17) is 0 Å². The van der Waals surface area contributed by atoms with Gasteiger partial charge in [-0.25, -0.2) is 4.68 Å². The lowest BCUT2D eigenvalue weighted by atomic mass is 10.1. The molecule has 0 radical (unpaired) electrons. The predicted molar refractivity (Wildman–Crippen MR) is 127 cm³/mol. The van der Waals surface area contributed by atoms with Gasteiger partial charge in [-0.3, -0.25) is 9.59 Å². The number of piperidine rings is 1. The first kappa shape index (κ1) is 21.3. The van der Waals surface area contributed by atoms with Crippen LogP contribution in [0.2, 0.25) is 0 Å². The SMILES string of the molecule is CC(C(=O)Nc1ccc(-c2ccc(N3CCCCC3)nn2)cc1)n1nc(C2CC2)ccc1=O. The lowest BCUT2D eigenvalue weighted by molar-refractivity contribution is -0.119. The van der Waals surface area contributed by atoms with Crippen LogP contribution in [0.3, 0.4) is 0 Å². The molecule has 1 saturated carbocycles. The van der Waals surface area contributed by atoms with Crippen LogP contribution in [0, 0.1) is 0 Å². The zero-order valence-corrected chi connectivity index (χ0v) is 18.8.